The second kappa shape index (κ2) is 8.96. The van der Waals surface area contributed by atoms with Crippen molar-refractivity contribution in [2.45, 2.75) is 45.1 Å². The molecule has 2 aliphatic heterocycles. The van der Waals surface area contributed by atoms with Crippen LogP contribution in [0.5, 0.6) is 0 Å². The van der Waals surface area contributed by atoms with Gasteiger partial charge in [0.1, 0.15) is 0 Å². The molecule has 30 heavy (non-hydrogen) atoms. The van der Waals surface area contributed by atoms with Crippen LogP contribution in [0.3, 0.4) is 0 Å². The zero-order valence-electron chi connectivity index (χ0n) is 17.5. The number of hydrogen-bond donors (Lipinski definition) is 1. The fourth-order valence-corrected chi connectivity index (χ4v) is 4.64. The maximum absolute atomic E-state index is 12.9. The predicted octanol–water partition coefficient (Wildman–Crippen LogP) is 3.21. The second-order valence-electron chi connectivity index (χ2n) is 8.18. The first kappa shape index (κ1) is 20.5. The summed E-state index contributed by atoms with van der Waals surface area (Å²) in [5.41, 5.74) is 1.12. The Labute approximate surface area is 177 Å². The Balaban J connectivity index is 1.32. The molecule has 0 spiro atoms. The minimum atomic E-state index is -0.273. The lowest BCUT2D eigenvalue weighted by molar-refractivity contribution is -0.121. The van der Waals surface area contributed by atoms with Crippen LogP contribution < -0.4 is 5.32 Å². The van der Waals surface area contributed by atoms with E-state index >= 15 is 0 Å². The maximum Gasteiger partial charge on any atom is 0.261 e. The van der Waals surface area contributed by atoms with Gasteiger partial charge < -0.3 is 5.32 Å². The number of benzene rings is 2. The molecule has 0 aromatic heterocycles. The number of rotatable bonds is 8. The topological polar surface area (TPSA) is 69.7 Å². The standard InChI is InChI=1S/C24H29N3O3/c1-2-18(26-13-3-4-14-26)16-25-21(28)12-7-15-27-23(29)19-10-5-8-17-9-6-11-20(22(17)19)24(27)30/h5-6,8-11,18H,2-4,7,12-16H2,1H3,(H,25,28). The van der Waals surface area contributed by atoms with Crippen molar-refractivity contribution < 1.29 is 14.4 Å². The van der Waals surface area contributed by atoms with Crippen molar-refractivity contribution in [3.8, 4) is 0 Å². The lowest BCUT2D eigenvalue weighted by atomic mass is 9.94. The molecule has 2 aromatic rings. The number of nitrogens with one attached hydrogen (secondary N) is 1. The zero-order valence-corrected chi connectivity index (χ0v) is 17.5. The molecular formula is C24H29N3O3. The highest BCUT2D eigenvalue weighted by molar-refractivity contribution is 6.25. The SMILES string of the molecule is CCC(CNC(=O)CCCN1C(=O)c2cccc3cccc(c23)C1=O)N1CCCC1. The first-order chi connectivity index (χ1) is 14.6. The Morgan fingerprint density at radius 1 is 1.03 bits per heavy atom. The van der Waals surface area contributed by atoms with E-state index in [0.29, 0.717) is 36.6 Å². The van der Waals surface area contributed by atoms with Crippen molar-refractivity contribution in [1.29, 1.82) is 0 Å². The van der Waals surface area contributed by atoms with Gasteiger partial charge in [-0.05, 0) is 56.3 Å². The van der Waals surface area contributed by atoms with Gasteiger partial charge >= 0.3 is 0 Å². The van der Waals surface area contributed by atoms with E-state index in [4.69, 9.17) is 0 Å². The Morgan fingerprint density at radius 3 is 2.27 bits per heavy atom. The summed E-state index contributed by atoms with van der Waals surface area (Å²) in [6.07, 6.45) is 4.25. The minimum Gasteiger partial charge on any atom is -0.355 e. The third-order valence-electron chi connectivity index (χ3n) is 6.30. The van der Waals surface area contributed by atoms with Gasteiger partial charge in [-0.25, -0.2) is 0 Å². The molecule has 4 rings (SSSR count). The van der Waals surface area contributed by atoms with Crippen LogP contribution in [0.1, 0.15) is 59.7 Å². The van der Waals surface area contributed by atoms with E-state index < -0.39 is 0 Å². The highest BCUT2D eigenvalue weighted by Gasteiger charge is 2.32. The number of hydrogen-bond acceptors (Lipinski definition) is 4. The largest absolute Gasteiger partial charge is 0.355 e. The molecule has 1 fully saturated rings. The number of carbonyl (C=O) groups is 3. The Kier molecular flexibility index (Phi) is 6.13. The van der Waals surface area contributed by atoms with Crippen molar-refractivity contribution in [3.05, 3.63) is 47.5 Å². The van der Waals surface area contributed by atoms with Gasteiger partial charge in [0, 0.05) is 42.1 Å². The van der Waals surface area contributed by atoms with Crippen molar-refractivity contribution in [3.63, 3.8) is 0 Å². The van der Waals surface area contributed by atoms with Gasteiger partial charge in [0.05, 0.1) is 0 Å². The van der Waals surface area contributed by atoms with Gasteiger partial charge in [-0.2, -0.15) is 0 Å². The molecule has 0 saturated carbocycles. The molecule has 2 aliphatic rings. The average molecular weight is 408 g/mol. The first-order valence-corrected chi connectivity index (χ1v) is 11.0. The number of carbonyl (C=O) groups excluding carboxylic acids is 3. The van der Waals surface area contributed by atoms with Crippen LogP contribution in [-0.4, -0.2) is 59.7 Å². The van der Waals surface area contributed by atoms with Gasteiger partial charge in [0.15, 0.2) is 0 Å². The molecule has 1 N–H and O–H groups in total. The van der Waals surface area contributed by atoms with Crippen molar-refractivity contribution in [1.82, 2.24) is 15.1 Å². The lowest BCUT2D eigenvalue weighted by Gasteiger charge is -2.27. The van der Waals surface area contributed by atoms with E-state index in [0.717, 1.165) is 30.3 Å². The molecule has 158 valence electrons. The van der Waals surface area contributed by atoms with Crippen molar-refractivity contribution in [2.75, 3.05) is 26.2 Å². The summed E-state index contributed by atoms with van der Waals surface area (Å²) in [6.45, 7) is 5.29. The van der Waals surface area contributed by atoms with Crippen LogP contribution in [0.25, 0.3) is 10.8 Å². The third-order valence-corrected chi connectivity index (χ3v) is 6.30. The average Bonchev–Trinajstić information content (AvgIpc) is 3.29. The third kappa shape index (κ3) is 3.97. The Morgan fingerprint density at radius 2 is 1.67 bits per heavy atom. The molecule has 3 amide bonds. The number of imide groups is 1. The minimum absolute atomic E-state index is 0.0212. The van der Waals surface area contributed by atoms with Gasteiger partial charge in [0.2, 0.25) is 5.91 Å². The summed E-state index contributed by atoms with van der Waals surface area (Å²) in [6, 6.07) is 11.4. The van der Waals surface area contributed by atoms with Crippen molar-refractivity contribution in [2.24, 2.45) is 0 Å². The molecule has 6 heteroatoms. The van der Waals surface area contributed by atoms with E-state index in [1.807, 2.05) is 24.3 Å². The van der Waals surface area contributed by atoms with E-state index in [1.54, 1.807) is 12.1 Å². The van der Waals surface area contributed by atoms with E-state index in [2.05, 4.69) is 17.1 Å². The van der Waals surface area contributed by atoms with Crippen LogP contribution in [0.4, 0.5) is 0 Å². The summed E-state index contributed by atoms with van der Waals surface area (Å²) in [4.78, 5) is 41.8. The lowest BCUT2D eigenvalue weighted by Crippen LogP contribution is -2.43. The van der Waals surface area contributed by atoms with Gasteiger partial charge in [-0.3, -0.25) is 24.2 Å². The summed E-state index contributed by atoms with van der Waals surface area (Å²) in [7, 11) is 0. The van der Waals surface area contributed by atoms with Crippen LogP contribution in [0.2, 0.25) is 0 Å². The first-order valence-electron chi connectivity index (χ1n) is 11.0. The summed E-state index contributed by atoms with van der Waals surface area (Å²) < 4.78 is 0. The fourth-order valence-electron chi connectivity index (χ4n) is 4.64. The van der Waals surface area contributed by atoms with Crippen LogP contribution in [0, 0.1) is 0 Å². The van der Waals surface area contributed by atoms with E-state index in [-0.39, 0.29) is 24.3 Å². The molecule has 0 aliphatic carbocycles. The van der Waals surface area contributed by atoms with Crippen LogP contribution in [-0.2, 0) is 4.79 Å². The molecule has 0 radical (unpaired) electrons. The molecule has 1 atom stereocenters. The second-order valence-corrected chi connectivity index (χ2v) is 8.18. The molecule has 0 bridgehead atoms. The fraction of sp³-hybridized carbons (Fsp3) is 0.458. The normalized spacial score (nSPS) is 17.6. The van der Waals surface area contributed by atoms with Crippen LogP contribution >= 0.6 is 0 Å². The molecule has 6 nitrogen and oxygen atoms in total. The Hall–Kier alpha value is -2.73. The monoisotopic (exact) mass is 407 g/mol. The van der Waals surface area contributed by atoms with Gasteiger partial charge in [-0.15, -0.1) is 0 Å². The number of nitrogens with zero attached hydrogens (tertiary/aromatic N) is 2. The van der Waals surface area contributed by atoms with Crippen LogP contribution in [0.15, 0.2) is 36.4 Å². The molecule has 1 saturated heterocycles. The predicted molar refractivity (Wildman–Crippen MR) is 116 cm³/mol. The summed E-state index contributed by atoms with van der Waals surface area (Å²) in [5, 5.41) is 4.66. The summed E-state index contributed by atoms with van der Waals surface area (Å²) >= 11 is 0. The molecular weight excluding hydrogens is 378 g/mol. The molecule has 2 heterocycles. The van der Waals surface area contributed by atoms with Gasteiger partial charge in [0.25, 0.3) is 11.8 Å². The molecule has 1 unspecified atom stereocenters. The number of likely N-dealkylation sites (tertiary alicyclic amines) is 1. The van der Waals surface area contributed by atoms with E-state index in [1.165, 1.54) is 17.7 Å². The van der Waals surface area contributed by atoms with Gasteiger partial charge in [-0.1, -0.05) is 31.2 Å². The highest BCUT2D eigenvalue weighted by Crippen LogP contribution is 2.30. The zero-order chi connectivity index (χ0) is 21.1. The van der Waals surface area contributed by atoms with Crippen molar-refractivity contribution >= 4 is 28.5 Å². The maximum atomic E-state index is 12.9. The quantitative estimate of drug-likeness (QED) is 0.682. The summed E-state index contributed by atoms with van der Waals surface area (Å²) in [5.74, 6) is -0.568. The highest BCUT2D eigenvalue weighted by atomic mass is 16.2. The van der Waals surface area contributed by atoms with E-state index in [9.17, 15) is 14.4 Å². The number of amides is 3. The molecule has 2 aromatic carbocycles. The Bertz CT molecular complexity index is 915. The smallest absolute Gasteiger partial charge is 0.261 e.